The second kappa shape index (κ2) is 16.3. The van der Waals surface area contributed by atoms with Crippen LogP contribution >= 0.6 is 7.14 Å². The monoisotopic (exact) mass is 639 g/mol. The molecule has 0 N–H and O–H groups in total. The van der Waals surface area contributed by atoms with Gasteiger partial charge in [-0.1, -0.05) is 62.3 Å². The van der Waals surface area contributed by atoms with Crippen molar-refractivity contribution in [1.29, 1.82) is 0 Å². The lowest BCUT2D eigenvalue weighted by atomic mass is 9.92. The number of pyridine rings is 1. The van der Waals surface area contributed by atoms with Crippen LogP contribution in [0.5, 0.6) is 0 Å². The molecule has 4 rings (SSSR count). The van der Waals surface area contributed by atoms with Crippen LogP contribution < -0.4 is 5.30 Å². The summed E-state index contributed by atoms with van der Waals surface area (Å²) in [5, 5.41) is 0.852. The van der Waals surface area contributed by atoms with Crippen molar-refractivity contribution in [1.82, 2.24) is 34.7 Å². The van der Waals surface area contributed by atoms with E-state index in [1.54, 1.807) is 19.5 Å². The van der Waals surface area contributed by atoms with Crippen LogP contribution in [0.3, 0.4) is 0 Å². The molecule has 1 aliphatic heterocycles. The second-order valence-corrected chi connectivity index (χ2v) is 18.6. The molecule has 0 radical (unpaired) electrons. The van der Waals surface area contributed by atoms with Crippen molar-refractivity contribution in [3.8, 4) is 0 Å². The lowest BCUT2D eigenvalue weighted by Gasteiger charge is -2.26. The molecule has 0 aliphatic carbocycles. The van der Waals surface area contributed by atoms with Gasteiger partial charge in [-0.3, -0.25) is 29.8 Å². The van der Waals surface area contributed by atoms with Crippen LogP contribution in [0.15, 0.2) is 43.1 Å². The maximum absolute atomic E-state index is 11.7. The minimum Gasteiger partial charge on any atom is -0.379 e. The summed E-state index contributed by atoms with van der Waals surface area (Å²) in [5.41, 5.74) is 5.40. The average Bonchev–Trinajstić information content (AvgIpc) is 2.93. The molecule has 3 aromatic rings. The summed E-state index contributed by atoms with van der Waals surface area (Å²) < 4.78 is 17.1. The maximum Gasteiger partial charge on any atom is 0.111 e. The van der Waals surface area contributed by atoms with E-state index < -0.39 is 7.14 Å². The van der Waals surface area contributed by atoms with Crippen molar-refractivity contribution in [2.75, 3.05) is 53.7 Å². The molecule has 45 heavy (non-hydrogen) atoms. The number of ether oxygens (including phenoxy) is 1. The molecule has 0 unspecified atom stereocenters. The smallest absolute Gasteiger partial charge is 0.111 e. The fraction of sp³-hybridized carbons (Fsp3) is 0.629. The van der Waals surface area contributed by atoms with Crippen LogP contribution in [0, 0.1) is 0 Å². The van der Waals surface area contributed by atoms with Crippen LogP contribution in [-0.2, 0) is 38.6 Å². The van der Waals surface area contributed by atoms with Crippen molar-refractivity contribution in [3.63, 3.8) is 0 Å². The summed E-state index contributed by atoms with van der Waals surface area (Å²) in [7, 11) is 1.90. The Kier molecular flexibility index (Phi) is 14.0. The van der Waals surface area contributed by atoms with Crippen molar-refractivity contribution in [3.05, 3.63) is 71.6 Å². The quantitative estimate of drug-likeness (QED) is 0.308. The van der Waals surface area contributed by atoms with E-state index in [-0.39, 0.29) is 16.2 Å². The Morgan fingerprint density at radius 2 is 1.16 bits per heavy atom. The largest absolute Gasteiger partial charge is 0.379 e. The van der Waals surface area contributed by atoms with E-state index in [4.69, 9.17) is 4.74 Å². The summed E-state index contributed by atoms with van der Waals surface area (Å²) in [6, 6.07) is 3.89. The Hall–Kier alpha value is -2.58. The summed E-state index contributed by atoms with van der Waals surface area (Å²) in [5.74, 6) is 0. The molecule has 0 atom stereocenters. The Balaban J connectivity index is 0.000000237. The van der Waals surface area contributed by atoms with E-state index in [1.165, 1.54) is 0 Å². The first-order valence-electron chi connectivity index (χ1n) is 15.8. The third kappa shape index (κ3) is 14.2. The van der Waals surface area contributed by atoms with E-state index in [0.717, 1.165) is 73.2 Å². The summed E-state index contributed by atoms with van der Waals surface area (Å²) in [6.45, 7) is 28.1. The van der Waals surface area contributed by atoms with Crippen LogP contribution in [0.4, 0.5) is 0 Å². The second-order valence-electron chi connectivity index (χ2n) is 15.4. The van der Waals surface area contributed by atoms with Gasteiger partial charge in [0.15, 0.2) is 0 Å². The highest BCUT2D eigenvalue weighted by atomic mass is 31.2. The van der Waals surface area contributed by atoms with E-state index in [2.05, 4.69) is 97.0 Å². The Morgan fingerprint density at radius 3 is 1.51 bits per heavy atom. The molecule has 0 bridgehead atoms. The van der Waals surface area contributed by atoms with Gasteiger partial charge in [0.1, 0.15) is 7.14 Å². The van der Waals surface area contributed by atoms with Crippen molar-refractivity contribution < 1.29 is 9.30 Å². The lowest BCUT2D eigenvalue weighted by Crippen LogP contribution is -2.35. The predicted molar refractivity (Wildman–Crippen MR) is 187 cm³/mol. The maximum atomic E-state index is 11.7. The first-order valence-corrected chi connectivity index (χ1v) is 18.4. The molecule has 0 saturated carbocycles. The Labute approximate surface area is 273 Å². The fourth-order valence-electron chi connectivity index (χ4n) is 4.11. The predicted octanol–water partition coefficient (Wildman–Crippen LogP) is 6.07. The molecule has 4 heterocycles. The first kappa shape index (κ1) is 38.6. The molecule has 1 aliphatic rings. The molecule has 3 aromatic heterocycles. The van der Waals surface area contributed by atoms with Gasteiger partial charge in [0.2, 0.25) is 0 Å². The van der Waals surface area contributed by atoms with Gasteiger partial charge in [-0.25, -0.2) is 0 Å². The number of aromatic nitrogens is 5. The molecule has 0 spiro atoms. The molecule has 9 nitrogen and oxygen atoms in total. The highest BCUT2D eigenvalue weighted by Crippen LogP contribution is 2.34. The van der Waals surface area contributed by atoms with Crippen LogP contribution in [-0.4, -0.2) is 88.4 Å². The number of hydrogen-bond acceptors (Lipinski definition) is 9. The third-order valence-electron chi connectivity index (χ3n) is 7.05. The van der Waals surface area contributed by atoms with Crippen LogP contribution in [0.25, 0.3) is 0 Å². The van der Waals surface area contributed by atoms with Gasteiger partial charge in [-0.2, -0.15) is 0 Å². The van der Waals surface area contributed by atoms with Gasteiger partial charge in [0, 0.05) is 72.0 Å². The normalized spacial score (nSPS) is 14.7. The topological polar surface area (TPSA) is 97.2 Å². The van der Waals surface area contributed by atoms with Crippen molar-refractivity contribution in [2.45, 2.75) is 91.6 Å². The molecular formula is C35H58N7O2P. The highest BCUT2D eigenvalue weighted by molar-refractivity contribution is 7.70. The molecule has 0 amide bonds. The fourth-order valence-corrected chi connectivity index (χ4v) is 4.88. The van der Waals surface area contributed by atoms with Gasteiger partial charge >= 0.3 is 0 Å². The number of rotatable bonds is 5. The lowest BCUT2D eigenvalue weighted by molar-refractivity contribution is 0.0336. The van der Waals surface area contributed by atoms with Gasteiger partial charge in [0.05, 0.1) is 48.4 Å². The summed E-state index contributed by atoms with van der Waals surface area (Å²) in [6.07, 6.45) is 9.27. The molecule has 10 heteroatoms. The van der Waals surface area contributed by atoms with Gasteiger partial charge in [-0.15, -0.1) is 0 Å². The minimum absolute atomic E-state index is 0.0595. The third-order valence-corrected chi connectivity index (χ3v) is 8.56. The number of hydrogen-bond donors (Lipinski definition) is 0. The van der Waals surface area contributed by atoms with E-state index in [1.807, 2.05) is 51.0 Å². The SMILES string of the molecule is CC(C)(C)c1ccc(P(C)(C)=O)cn1.CC(C)(C)c1cnc(CN2CCOCC2)cn1.CN(C)Cc1cnc(C(C)(C)C)cn1. The molecular weight excluding hydrogens is 581 g/mol. The Bertz CT molecular complexity index is 1330. The summed E-state index contributed by atoms with van der Waals surface area (Å²) in [4.78, 5) is 26.6. The van der Waals surface area contributed by atoms with E-state index in [0.29, 0.717) is 0 Å². The zero-order valence-electron chi connectivity index (χ0n) is 30.2. The van der Waals surface area contributed by atoms with Gasteiger partial charge in [0.25, 0.3) is 0 Å². The molecule has 1 fully saturated rings. The standard InChI is InChI=1S/C13H21N3O.C11H19N3.C11H18NOP/c1-13(2,3)12-9-14-11(8-15-12)10-16-4-6-17-7-5-16;1-11(2,3)10-7-12-9(6-13-10)8-14(4)5;1-11(2,3)10-7-6-9(8-12-10)14(4,5)13/h8-9H,4-7,10H2,1-3H3;6-7H,8H2,1-5H3;6-8H,1-5H3. The highest BCUT2D eigenvalue weighted by Gasteiger charge is 2.18. The van der Waals surface area contributed by atoms with Crippen molar-refractivity contribution >= 4 is 12.4 Å². The minimum atomic E-state index is -2.15. The van der Waals surface area contributed by atoms with Gasteiger partial charge in [-0.05, 0) is 39.6 Å². The summed E-state index contributed by atoms with van der Waals surface area (Å²) >= 11 is 0. The average molecular weight is 640 g/mol. The Morgan fingerprint density at radius 1 is 0.689 bits per heavy atom. The van der Waals surface area contributed by atoms with Crippen LogP contribution in [0.1, 0.15) is 90.8 Å². The number of nitrogens with zero attached hydrogens (tertiary/aromatic N) is 7. The zero-order chi connectivity index (χ0) is 34.1. The molecule has 0 aromatic carbocycles. The molecule has 1 saturated heterocycles. The number of morpholine rings is 1. The van der Waals surface area contributed by atoms with Gasteiger partial charge < -0.3 is 14.2 Å². The van der Waals surface area contributed by atoms with E-state index in [9.17, 15) is 4.57 Å². The first-order chi connectivity index (χ1) is 20.7. The van der Waals surface area contributed by atoms with Crippen LogP contribution in [0.2, 0.25) is 0 Å². The van der Waals surface area contributed by atoms with E-state index >= 15 is 0 Å². The zero-order valence-corrected chi connectivity index (χ0v) is 31.1. The molecule has 250 valence electrons. The van der Waals surface area contributed by atoms with Crippen molar-refractivity contribution in [2.24, 2.45) is 0 Å².